The Morgan fingerprint density at radius 2 is 1.81 bits per heavy atom. The van der Waals surface area contributed by atoms with Crippen molar-refractivity contribution < 1.29 is 14.3 Å². The Bertz CT molecular complexity index is 652. The van der Waals surface area contributed by atoms with Gasteiger partial charge in [-0.2, -0.15) is 0 Å². The van der Waals surface area contributed by atoms with Gasteiger partial charge in [0.1, 0.15) is 29.2 Å². The van der Waals surface area contributed by atoms with Crippen LogP contribution in [0.1, 0.15) is 51.2 Å². The van der Waals surface area contributed by atoms with E-state index < -0.39 is 0 Å². The molecule has 0 radical (unpaired) electrons. The lowest BCUT2D eigenvalue weighted by Crippen LogP contribution is -2.05. The molecule has 0 saturated carbocycles. The molecule has 0 atom stereocenters. The second kappa shape index (κ2) is 13.1. The van der Waals surface area contributed by atoms with E-state index in [2.05, 4.69) is 5.16 Å². The lowest BCUT2D eigenvalue weighted by Gasteiger charge is -2.18. The van der Waals surface area contributed by atoms with Crippen molar-refractivity contribution in [1.29, 1.82) is 0 Å². The van der Waals surface area contributed by atoms with Crippen LogP contribution in [0.2, 0.25) is 5.02 Å². The highest BCUT2D eigenvalue weighted by molar-refractivity contribution is 6.55. The fraction of sp³-hybridized carbons (Fsp3) is 0.550. The van der Waals surface area contributed by atoms with E-state index in [4.69, 9.17) is 49.1 Å². The summed E-state index contributed by atoms with van der Waals surface area (Å²) < 4.78 is 11.9. The Labute approximate surface area is 177 Å². The summed E-state index contributed by atoms with van der Waals surface area (Å²) in [6, 6.07) is 1.88. The van der Waals surface area contributed by atoms with Gasteiger partial charge in [-0.1, -0.05) is 46.9 Å². The molecule has 0 unspecified atom stereocenters. The molecule has 0 fully saturated rings. The number of oxime groups is 1. The summed E-state index contributed by atoms with van der Waals surface area (Å²) in [5, 5.41) is 4.48. The Morgan fingerprint density at radius 3 is 2.44 bits per heavy atom. The van der Waals surface area contributed by atoms with E-state index in [0.29, 0.717) is 24.0 Å². The average molecular weight is 437 g/mol. The molecule has 0 aliphatic rings. The molecule has 152 valence electrons. The van der Waals surface area contributed by atoms with Crippen molar-refractivity contribution in [3.63, 3.8) is 0 Å². The third kappa shape index (κ3) is 9.09. The van der Waals surface area contributed by atoms with Crippen LogP contribution in [0.4, 0.5) is 0 Å². The predicted octanol–water partition coefficient (Wildman–Crippen LogP) is 6.87. The van der Waals surface area contributed by atoms with Gasteiger partial charge in [0.15, 0.2) is 0 Å². The third-order valence-electron chi connectivity index (χ3n) is 3.66. The molecule has 4 nitrogen and oxygen atoms in total. The molecule has 0 bridgehead atoms. The van der Waals surface area contributed by atoms with Gasteiger partial charge in [-0.05, 0) is 64.2 Å². The summed E-state index contributed by atoms with van der Waals surface area (Å²) in [5.41, 5.74) is 2.86. The number of nitrogens with zero attached hydrogens (tertiary/aromatic N) is 1. The fourth-order valence-corrected chi connectivity index (χ4v) is 2.88. The number of hydrogen-bond acceptors (Lipinski definition) is 4. The second-order valence-corrected chi connectivity index (χ2v) is 7.64. The Kier molecular flexibility index (Phi) is 11.7. The summed E-state index contributed by atoms with van der Waals surface area (Å²) in [5.74, 6) is 1.44. The van der Waals surface area contributed by atoms with Crippen molar-refractivity contribution >= 4 is 40.5 Å². The molecule has 0 aromatic heterocycles. The van der Waals surface area contributed by atoms with E-state index in [1.807, 2.05) is 33.8 Å². The van der Waals surface area contributed by atoms with E-state index in [-0.39, 0.29) is 11.1 Å². The summed E-state index contributed by atoms with van der Waals surface area (Å²) in [7, 11) is 0. The smallest absolute Gasteiger partial charge is 0.139 e. The molecule has 1 aromatic carbocycles. The number of unbranched alkanes of at least 4 members (excludes halogenated alkanes) is 2. The van der Waals surface area contributed by atoms with Gasteiger partial charge in [-0.3, -0.25) is 0 Å². The SMILES string of the molecule is CCc1c(Cl)c(OCC=C(Cl)Cl)cc(C)c1OCCCCCON=C(C)C. The van der Waals surface area contributed by atoms with Gasteiger partial charge >= 0.3 is 0 Å². The second-order valence-electron chi connectivity index (χ2n) is 6.25. The van der Waals surface area contributed by atoms with Crippen molar-refractivity contribution in [1.82, 2.24) is 0 Å². The number of halogens is 3. The summed E-state index contributed by atoms with van der Waals surface area (Å²) in [4.78, 5) is 5.19. The van der Waals surface area contributed by atoms with Crippen molar-refractivity contribution in [2.24, 2.45) is 5.16 Å². The standard InChI is InChI=1S/C20H28Cl3NO3/c1-5-16-19(23)17(25-12-9-18(21)22)13-15(4)20(16)26-10-7-6-8-11-27-24-14(2)3/h9,13H,5-8,10-12H2,1-4H3. The largest absolute Gasteiger partial charge is 0.493 e. The monoisotopic (exact) mass is 435 g/mol. The molecular formula is C20H28Cl3NO3. The van der Waals surface area contributed by atoms with Crippen LogP contribution in [0.5, 0.6) is 11.5 Å². The van der Waals surface area contributed by atoms with Crippen LogP contribution >= 0.6 is 34.8 Å². The number of aryl methyl sites for hydroxylation is 1. The van der Waals surface area contributed by atoms with Crippen molar-refractivity contribution in [3.8, 4) is 11.5 Å². The number of ether oxygens (including phenoxy) is 2. The summed E-state index contributed by atoms with van der Waals surface area (Å²) in [6.45, 7) is 9.36. The quantitative estimate of drug-likeness (QED) is 0.204. The zero-order chi connectivity index (χ0) is 20.2. The van der Waals surface area contributed by atoms with Gasteiger partial charge in [0.05, 0.1) is 17.3 Å². The summed E-state index contributed by atoms with van der Waals surface area (Å²) >= 11 is 17.7. The van der Waals surface area contributed by atoms with Crippen LogP contribution in [0.3, 0.4) is 0 Å². The number of rotatable bonds is 12. The van der Waals surface area contributed by atoms with E-state index >= 15 is 0 Å². The van der Waals surface area contributed by atoms with Crippen LogP contribution in [0.25, 0.3) is 0 Å². The predicted molar refractivity (Wildman–Crippen MR) is 115 cm³/mol. The first-order chi connectivity index (χ1) is 12.9. The molecule has 0 amide bonds. The van der Waals surface area contributed by atoms with Crippen molar-refractivity contribution in [2.45, 2.75) is 53.4 Å². The molecule has 0 heterocycles. The summed E-state index contributed by atoms with van der Waals surface area (Å²) in [6.07, 6.45) is 5.22. The molecule has 1 rings (SSSR count). The normalized spacial score (nSPS) is 10.3. The molecular weight excluding hydrogens is 409 g/mol. The van der Waals surface area contributed by atoms with Gasteiger partial charge < -0.3 is 14.3 Å². The Morgan fingerprint density at radius 1 is 1.11 bits per heavy atom. The molecule has 0 N–H and O–H groups in total. The minimum Gasteiger partial charge on any atom is -0.493 e. The van der Waals surface area contributed by atoms with Crippen LogP contribution < -0.4 is 9.47 Å². The number of benzene rings is 1. The first kappa shape index (κ1) is 23.9. The topological polar surface area (TPSA) is 40.0 Å². The fourth-order valence-electron chi connectivity index (χ4n) is 2.42. The molecule has 0 saturated heterocycles. The number of hydrogen-bond donors (Lipinski definition) is 0. The zero-order valence-corrected chi connectivity index (χ0v) is 18.7. The highest BCUT2D eigenvalue weighted by Gasteiger charge is 2.16. The van der Waals surface area contributed by atoms with Crippen molar-refractivity contribution in [2.75, 3.05) is 19.8 Å². The Balaban J connectivity index is 2.58. The lowest BCUT2D eigenvalue weighted by atomic mass is 10.1. The van der Waals surface area contributed by atoms with Crippen LogP contribution in [0.15, 0.2) is 21.8 Å². The average Bonchev–Trinajstić information content (AvgIpc) is 2.60. The van der Waals surface area contributed by atoms with Crippen LogP contribution in [-0.4, -0.2) is 25.5 Å². The minimum absolute atomic E-state index is 0.167. The molecule has 0 spiro atoms. The Hall–Kier alpha value is -1.10. The lowest BCUT2D eigenvalue weighted by molar-refractivity contribution is 0.138. The minimum atomic E-state index is 0.167. The van der Waals surface area contributed by atoms with E-state index in [1.54, 1.807) is 6.08 Å². The van der Waals surface area contributed by atoms with E-state index in [1.165, 1.54) is 0 Å². The van der Waals surface area contributed by atoms with Crippen LogP contribution in [0, 0.1) is 6.92 Å². The zero-order valence-electron chi connectivity index (χ0n) is 16.4. The van der Waals surface area contributed by atoms with Crippen LogP contribution in [-0.2, 0) is 11.3 Å². The maximum atomic E-state index is 6.50. The molecule has 0 aliphatic carbocycles. The molecule has 7 heteroatoms. The van der Waals surface area contributed by atoms with Gasteiger partial charge in [0.2, 0.25) is 0 Å². The molecule has 1 aromatic rings. The highest BCUT2D eigenvalue weighted by atomic mass is 35.5. The van der Waals surface area contributed by atoms with Gasteiger partial charge in [0, 0.05) is 5.56 Å². The van der Waals surface area contributed by atoms with Gasteiger partial charge in [-0.15, -0.1) is 0 Å². The molecule has 27 heavy (non-hydrogen) atoms. The maximum Gasteiger partial charge on any atom is 0.139 e. The first-order valence-electron chi connectivity index (χ1n) is 9.08. The van der Waals surface area contributed by atoms with E-state index in [0.717, 1.165) is 48.3 Å². The third-order valence-corrected chi connectivity index (χ3v) is 4.39. The maximum absolute atomic E-state index is 6.50. The molecule has 0 aliphatic heterocycles. The van der Waals surface area contributed by atoms with E-state index in [9.17, 15) is 0 Å². The van der Waals surface area contributed by atoms with Crippen molar-refractivity contribution in [3.05, 3.63) is 32.8 Å². The first-order valence-corrected chi connectivity index (χ1v) is 10.2. The van der Waals surface area contributed by atoms with Gasteiger partial charge in [-0.25, -0.2) is 0 Å². The highest BCUT2D eigenvalue weighted by Crippen LogP contribution is 2.38. The van der Waals surface area contributed by atoms with Gasteiger partial charge in [0.25, 0.3) is 0 Å².